The Morgan fingerprint density at radius 1 is 1.19 bits per heavy atom. The van der Waals surface area contributed by atoms with Gasteiger partial charge in [0, 0.05) is 13.1 Å². The zero-order valence-electron chi connectivity index (χ0n) is 12.5. The molecule has 1 aromatic rings. The van der Waals surface area contributed by atoms with E-state index in [0.717, 1.165) is 25.1 Å². The first-order valence-corrected chi connectivity index (χ1v) is 8.04. The summed E-state index contributed by atoms with van der Waals surface area (Å²) in [5.41, 5.74) is -0.147. The molecule has 1 aliphatic heterocycles. The van der Waals surface area contributed by atoms with Crippen LogP contribution in [0.2, 0.25) is 0 Å². The fourth-order valence-corrected chi connectivity index (χ4v) is 3.58. The Hall–Kier alpha value is -1.10. The molecule has 4 nitrogen and oxygen atoms in total. The molecule has 1 saturated carbocycles. The lowest BCUT2D eigenvalue weighted by atomic mass is 9.91. The fourth-order valence-electron chi connectivity index (χ4n) is 3.58. The van der Waals surface area contributed by atoms with Gasteiger partial charge in [-0.1, -0.05) is 24.6 Å². The summed E-state index contributed by atoms with van der Waals surface area (Å²) in [6.45, 7) is 2.32. The van der Waals surface area contributed by atoms with E-state index in [2.05, 4.69) is 4.90 Å². The van der Waals surface area contributed by atoms with Crippen LogP contribution in [0.4, 0.5) is 0 Å². The van der Waals surface area contributed by atoms with E-state index in [1.165, 1.54) is 19.3 Å². The van der Waals surface area contributed by atoms with Gasteiger partial charge in [-0.05, 0) is 37.8 Å². The number of hydrogen-bond donors (Lipinski definition) is 1. The molecule has 0 bridgehead atoms. The van der Waals surface area contributed by atoms with Crippen molar-refractivity contribution in [2.24, 2.45) is 0 Å². The minimum atomic E-state index is -0.147. The normalized spacial score (nSPS) is 25.3. The van der Waals surface area contributed by atoms with Crippen LogP contribution in [-0.2, 0) is 4.74 Å². The third-order valence-corrected chi connectivity index (χ3v) is 4.57. The zero-order valence-corrected chi connectivity index (χ0v) is 12.5. The number of aliphatic hydroxyl groups excluding tert-OH is 1. The molecular weight excluding hydrogens is 266 g/mol. The summed E-state index contributed by atoms with van der Waals surface area (Å²) < 4.78 is 12.2. The number of ether oxygens (including phenoxy) is 2. The average molecular weight is 291 g/mol. The van der Waals surface area contributed by atoms with E-state index < -0.39 is 0 Å². The van der Waals surface area contributed by atoms with Gasteiger partial charge in [0.15, 0.2) is 0 Å². The van der Waals surface area contributed by atoms with Gasteiger partial charge in [0.05, 0.1) is 6.61 Å². The van der Waals surface area contributed by atoms with Crippen molar-refractivity contribution in [2.75, 3.05) is 26.3 Å². The predicted octanol–water partition coefficient (Wildman–Crippen LogP) is 2.42. The molecule has 1 heterocycles. The second-order valence-corrected chi connectivity index (χ2v) is 6.04. The maximum Gasteiger partial charge on any atom is 0.122 e. The number of aliphatic hydroxyl groups is 1. The lowest BCUT2D eigenvalue weighted by Crippen LogP contribution is -2.47. The summed E-state index contributed by atoms with van der Waals surface area (Å²) in [5, 5.41) is 9.31. The molecule has 116 valence electrons. The van der Waals surface area contributed by atoms with Crippen molar-refractivity contribution in [3.8, 4) is 5.75 Å². The van der Waals surface area contributed by atoms with Gasteiger partial charge in [0.1, 0.15) is 24.2 Å². The first-order chi connectivity index (χ1) is 10.3. The lowest BCUT2D eigenvalue weighted by molar-refractivity contribution is -0.133. The Balaban J connectivity index is 1.60. The maximum atomic E-state index is 9.31. The maximum absolute atomic E-state index is 9.31. The molecule has 1 aliphatic carbocycles. The number of nitrogens with zero attached hydrogens (tertiary/aromatic N) is 1. The van der Waals surface area contributed by atoms with E-state index in [0.29, 0.717) is 13.2 Å². The van der Waals surface area contributed by atoms with Crippen molar-refractivity contribution in [2.45, 2.75) is 43.9 Å². The van der Waals surface area contributed by atoms with Crippen LogP contribution in [0.3, 0.4) is 0 Å². The van der Waals surface area contributed by atoms with Crippen LogP contribution in [-0.4, -0.2) is 48.1 Å². The number of β-amino-alcohol motifs (C(OH)–C–C–N with tert-alkyl or cyclic N) is 1. The summed E-state index contributed by atoms with van der Waals surface area (Å²) in [5.74, 6) is 0.888. The smallest absolute Gasteiger partial charge is 0.122 e. The number of para-hydroxylation sites is 1. The Kier molecular flexibility index (Phi) is 4.78. The topological polar surface area (TPSA) is 41.9 Å². The van der Waals surface area contributed by atoms with Crippen LogP contribution in [0, 0.1) is 0 Å². The van der Waals surface area contributed by atoms with Crippen molar-refractivity contribution in [1.29, 1.82) is 0 Å². The number of rotatable bonds is 5. The Labute approximate surface area is 126 Å². The molecule has 21 heavy (non-hydrogen) atoms. The summed E-state index contributed by atoms with van der Waals surface area (Å²) in [6, 6.07) is 9.88. The van der Waals surface area contributed by atoms with Gasteiger partial charge in [-0.25, -0.2) is 0 Å². The van der Waals surface area contributed by atoms with Gasteiger partial charge >= 0.3 is 0 Å². The summed E-state index contributed by atoms with van der Waals surface area (Å²) in [6.07, 6.45) is 5.98. The van der Waals surface area contributed by atoms with E-state index in [9.17, 15) is 5.11 Å². The minimum absolute atomic E-state index is 0.0925. The molecule has 1 N–H and O–H groups in total. The number of hydrogen-bond acceptors (Lipinski definition) is 4. The van der Waals surface area contributed by atoms with Crippen molar-refractivity contribution in [3.05, 3.63) is 30.3 Å². The second kappa shape index (κ2) is 6.77. The molecule has 1 aromatic carbocycles. The van der Waals surface area contributed by atoms with E-state index >= 15 is 0 Å². The quantitative estimate of drug-likeness (QED) is 0.904. The van der Waals surface area contributed by atoms with Crippen LogP contribution >= 0.6 is 0 Å². The summed E-state index contributed by atoms with van der Waals surface area (Å²) in [4.78, 5) is 2.32. The molecule has 3 rings (SSSR count). The van der Waals surface area contributed by atoms with Crippen LogP contribution < -0.4 is 4.74 Å². The van der Waals surface area contributed by atoms with Gasteiger partial charge in [-0.2, -0.15) is 0 Å². The van der Waals surface area contributed by atoms with E-state index in [4.69, 9.17) is 9.47 Å². The Morgan fingerprint density at radius 3 is 2.67 bits per heavy atom. The highest BCUT2D eigenvalue weighted by Crippen LogP contribution is 2.39. The Bertz CT molecular complexity index is 431. The van der Waals surface area contributed by atoms with Crippen LogP contribution in [0.25, 0.3) is 0 Å². The van der Waals surface area contributed by atoms with Crippen LogP contribution in [0.5, 0.6) is 5.75 Å². The molecule has 0 amide bonds. The summed E-state index contributed by atoms with van der Waals surface area (Å²) >= 11 is 0. The lowest BCUT2D eigenvalue weighted by Gasteiger charge is -2.39. The van der Waals surface area contributed by atoms with Gasteiger partial charge in [-0.3, -0.25) is 4.90 Å². The zero-order chi connectivity index (χ0) is 14.5. The fraction of sp³-hybridized carbons (Fsp3) is 0.647. The molecule has 2 aliphatic rings. The molecule has 0 unspecified atom stereocenters. The first kappa shape index (κ1) is 14.8. The third kappa shape index (κ3) is 3.39. The number of benzene rings is 1. The van der Waals surface area contributed by atoms with Crippen molar-refractivity contribution in [1.82, 2.24) is 4.90 Å². The highest BCUT2D eigenvalue weighted by Gasteiger charge is 2.46. The molecule has 1 spiro atoms. The summed E-state index contributed by atoms with van der Waals surface area (Å²) in [7, 11) is 0. The molecule has 0 radical (unpaired) electrons. The first-order valence-electron chi connectivity index (χ1n) is 8.04. The molecule has 2 fully saturated rings. The highest BCUT2D eigenvalue weighted by atomic mass is 16.6. The van der Waals surface area contributed by atoms with Crippen molar-refractivity contribution < 1.29 is 14.6 Å². The van der Waals surface area contributed by atoms with Crippen LogP contribution in [0.1, 0.15) is 32.1 Å². The molecule has 1 saturated heterocycles. The van der Waals surface area contributed by atoms with Crippen molar-refractivity contribution in [3.63, 3.8) is 0 Å². The molecule has 1 atom stereocenters. The monoisotopic (exact) mass is 291 g/mol. The predicted molar refractivity (Wildman–Crippen MR) is 81.3 cm³/mol. The molecule has 0 aromatic heterocycles. The largest absolute Gasteiger partial charge is 0.491 e. The van der Waals surface area contributed by atoms with E-state index in [-0.39, 0.29) is 18.4 Å². The van der Waals surface area contributed by atoms with Gasteiger partial charge in [0.25, 0.3) is 0 Å². The average Bonchev–Trinajstić information content (AvgIpc) is 2.85. The standard InChI is InChI=1S/C17H25NO3/c19-12-11-18-13-16(14-20-15-7-3-1-4-8-15)21-17(18)9-5-2-6-10-17/h1,3-4,7-8,16,19H,2,5-6,9-14H2/t16-/m0/s1. The van der Waals surface area contributed by atoms with Gasteiger partial charge < -0.3 is 14.6 Å². The van der Waals surface area contributed by atoms with E-state index in [1.54, 1.807) is 0 Å². The second-order valence-electron chi connectivity index (χ2n) is 6.04. The highest BCUT2D eigenvalue weighted by molar-refractivity contribution is 5.21. The SMILES string of the molecule is OCCN1C[C@@H](COc2ccccc2)OC12CCCCC2. The molecular formula is C17H25NO3. The third-order valence-electron chi connectivity index (χ3n) is 4.57. The van der Waals surface area contributed by atoms with Crippen molar-refractivity contribution >= 4 is 0 Å². The van der Waals surface area contributed by atoms with Gasteiger partial charge in [-0.15, -0.1) is 0 Å². The Morgan fingerprint density at radius 2 is 1.95 bits per heavy atom. The van der Waals surface area contributed by atoms with Gasteiger partial charge in [0.2, 0.25) is 0 Å². The van der Waals surface area contributed by atoms with E-state index in [1.807, 2.05) is 30.3 Å². The molecule has 4 heteroatoms. The minimum Gasteiger partial charge on any atom is -0.491 e. The van der Waals surface area contributed by atoms with Crippen LogP contribution in [0.15, 0.2) is 30.3 Å².